The molecule has 0 aliphatic heterocycles. The number of furan rings is 1. The van der Waals surface area contributed by atoms with Crippen molar-refractivity contribution >= 4 is 17.8 Å². The number of amides is 2. The highest BCUT2D eigenvalue weighted by atomic mass is 16.4. The maximum absolute atomic E-state index is 11.9. The van der Waals surface area contributed by atoms with Gasteiger partial charge in [-0.3, -0.25) is 14.4 Å². The van der Waals surface area contributed by atoms with Crippen LogP contribution in [0.3, 0.4) is 0 Å². The van der Waals surface area contributed by atoms with Gasteiger partial charge in [0.1, 0.15) is 0 Å². The summed E-state index contributed by atoms with van der Waals surface area (Å²) in [5, 5.41) is 14.3. The molecule has 0 fully saturated rings. The molecule has 0 bridgehead atoms. The van der Waals surface area contributed by atoms with E-state index in [2.05, 4.69) is 10.6 Å². The second-order valence-electron chi connectivity index (χ2n) is 5.09. The Morgan fingerprint density at radius 1 is 1.27 bits per heavy atom. The van der Waals surface area contributed by atoms with Crippen molar-refractivity contribution in [3.8, 4) is 0 Å². The van der Waals surface area contributed by atoms with Crippen molar-refractivity contribution in [1.29, 1.82) is 0 Å². The van der Waals surface area contributed by atoms with Gasteiger partial charge in [-0.1, -0.05) is 13.8 Å². The van der Waals surface area contributed by atoms with Crippen LogP contribution < -0.4 is 10.6 Å². The van der Waals surface area contributed by atoms with Crippen LogP contribution in [0.5, 0.6) is 0 Å². The van der Waals surface area contributed by atoms with E-state index in [-0.39, 0.29) is 37.0 Å². The van der Waals surface area contributed by atoms with Crippen molar-refractivity contribution in [2.45, 2.75) is 45.1 Å². The number of carboxylic acid groups (broad SMARTS) is 1. The second-order valence-corrected chi connectivity index (χ2v) is 5.09. The Labute approximate surface area is 129 Å². The number of carboxylic acids is 1. The van der Waals surface area contributed by atoms with E-state index in [1.54, 1.807) is 6.07 Å². The summed E-state index contributed by atoms with van der Waals surface area (Å²) < 4.78 is 4.93. The van der Waals surface area contributed by atoms with Crippen LogP contribution in [0.1, 0.15) is 50.1 Å². The van der Waals surface area contributed by atoms with E-state index in [9.17, 15) is 14.4 Å². The summed E-state index contributed by atoms with van der Waals surface area (Å²) in [6.07, 6.45) is 2.41. The van der Waals surface area contributed by atoms with Crippen molar-refractivity contribution in [2.24, 2.45) is 0 Å². The molecule has 7 heteroatoms. The summed E-state index contributed by atoms with van der Waals surface area (Å²) in [7, 11) is 0. The molecule has 22 heavy (non-hydrogen) atoms. The maximum Gasteiger partial charge on any atom is 0.305 e. The standard InChI is InChI=1S/C15H22N2O5/c1-3-15(4-2,10-13(19)20)17-12(18)7-8-16-14(21)11-6-5-9-22-11/h5-6,9H,3-4,7-8,10H2,1-2H3,(H,16,21)(H,17,18)(H,19,20). The van der Waals surface area contributed by atoms with E-state index >= 15 is 0 Å². The van der Waals surface area contributed by atoms with Crippen LogP contribution in [-0.2, 0) is 9.59 Å². The Hall–Kier alpha value is -2.31. The molecule has 0 aromatic carbocycles. The van der Waals surface area contributed by atoms with Crippen molar-refractivity contribution in [2.75, 3.05) is 6.54 Å². The molecule has 122 valence electrons. The van der Waals surface area contributed by atoms with Crippen molar-refractivity contribution in [3.63, 3.8) is 0 Å². The summed E-state index contributed by atoms with van der Waals surface area (Å²) in [6.45, 7) is 3.83. The smallest absolute Gasteiger partial charge is 0.305 e. The fourth-order valence-corrected chi connectivity index (χ4v) is 2.15. The molecule has 0 atom stereocenters. The van der Waals surface area contributed by atoms with Gasteiger partial charge < -0.3 is 20.2 Å². The number of carbonyl (C=O) groups excluding carboxylic acids is 2. The van der Waals surface area contributed by atoms with Gasteiger partial charge >= 0.3 is 5.97 Å². The van der Waals surface area contributed by atoms with Crippen LogP contribution >= 0.6 is 0 Å². The molecule has 1 aromatic heterocycles. The topological polar surface area (TPSA) is 109 Å². The van der Waals surface area contributed by atoms with E-state index in [0.29, 0.717) is 12.8 Å². The van der Waals surface area contributed by atoms with E-state index in [1.165, 1.54) is 12.3 Å². The molecule has 1 aromatic rings. The van der Waals surface area contributed by atoms with Gasteiger partial charge in [0.15, 0.2) is 5.76 Å². The first-order valence-corrected chi connectivity index (χ1v) is 7.27. The predicted molar refractivity (Wildman–Crippen MR) is 79.4 cm³/mol. The van der Waals surface area contributed by atoms with Crippen molar-refractivity contribution in [3.05, 3.63) is 24.2 Å². The number of hydrogen-bond donors (Lipinski definition) is 3. The lowest BCUT2D eigenvalue weighted by molar-refractivity contribution is -0.139. The third kappa shape index (κ3) is 5.23. The molecule has 2 amide bonds. The van der Waals surface area contributed by atoms with E-state index in [1.807, 2.05) is 13.8 Å². The Balaban J connectivity index is 2.44. The highest BCUT2D eigenvalue weighted by Crippen LogP contribution is 2.19. The lowest BCUT2D eigenvalue weighted by Crippen LogP contribution is -2.49. The first-order chi connectivity index (χ1) is 10.4. The molecular weight excluding hydrogens is 288 g/mol. The van der Waals surface area contributed by atoms with Crippen molar-refractivity contribution in [1.82, 2.24) is 10.6 Å². The summed E-state index contributed by atoms with van der Waals surface area (Å²) in [5.41, 5.74) is -0.742. The zero-order valence-electron chi connectivity index (χ0n) is 12.8. The van der Waals surface area contributed by atoms with E-state index < -0.39 is 11.5 Å². The largest absolute Gasteiger partial charge is 0.481 e. The monoisotopic (exact) mass is 310 g/mol. The average molecular weight is 310 g/mol. The highest BCUT2D eigenvalue weighted by molar-refractivity contribution is 5.91. The highest BCUT2D eigenvalue weighted by Gasteiger charge is 2.30. The van der Waals surface area contributed by atoms with Crippen LogP contribution in [0.2, 0.25) is 0 Å². The zero-order valence-corrected chi connectivity index (χ0v) is 12.8. The molecule has 0 aliphatic rings. The molecule has 1 heterocycles. The van der Waals surface area contributed by atoms with Crippen LogP contribution in [0, 0.1) is 0 Å². The minimum Gasteiger partial charge on any atom is -0.481 e. The van der Waals surface area contributed by atoms with Gasteiger partial charge in [-0.25, -0.2) is 0 Å². The van der Waals surface area contributed by atoms with Crippen molar-refractivity contribution < 1.29 is 23.9 Å². The van der Waals surface area contributed by atoms with E-state index in [4.69, 9.17) is 9.52 Å². The molecule has 0 spiro atoms. The molecule has 7 nitrogen and oxygen atoms in total. The minimum atomic E-state index is -0.949. The Bertz CT molecular complexity index is 506. The summed E-state index contributed by atoms with van der Waals surface area (Å²) in [6, 6.07) is 3.13. The molecule has 3 N–H and O–H groups in total. The number of hydrogen-bond acceptors (Lipinski definition) is 4. The fourth-order valence-electron chi connectivity index (χ4n) is 2.15. The van der Waals surface area contributed by atoms with Crippen LogP contribution in [-0.4, -0.2) is 35.0 Å². The Kier molecular flexibility index (Phi) is 6.62. The molecule has 0 saturated heterocycles. The van der Waals surface area contributed by atoms with Gasteiger partial charge in [0.05, 0.1) is 12.7 Å². The molecule has 0 radical (unpaired) electrons. The number of rotatable bonds is 9. The molecule has 0 aliphatic carbocycles. The van der Waals surface area contributed by atoms with Gasteiger partial charge in [-0.2, -0.15) is 0 Å². The predicted octanol–water partition coefficient (Wildman–Crippen LogP) is 1.55. The van der Waals surface area contributed by atoms with Crippen LogP contribution in [0.25, 0.3) is 0 Å². The van der Waals surface area contributed by atoms with Gasteiger partial charge in [0.2, 0.25) is 5.91 Å². The normalized spacial score (nSPS) is 11.0. The van der Waals surface area contributed by atoms with Gasteiger partial charge in [-0.05, 0) is 25.0 Å². The molecular formula is C15H22N2O5. The van der Waals surface area contributed by atoms with Crippen LogP contribution in [0.15, 0.2) is 22.8 Å². The number of nitrogens with one attached hydrogen (secondary N) is 2. The van der Waals surface area contributed by atoms with Gasteiger partial charge in [0.25, 0.3) is 5.91 Å². The third-order valence-electron chi connectivity index (χ3n) is 3.63. The third-order valence-corrected chi connectivity index (χ3v) is 3.63. The minimum absolute atomic E-state index is 0.0772. The Morgan fingerprint density at radius 3 is 2.45 bits per heavy atom. The average Bonchev–Trinajstić information content (AvgIpc) is 3.00. The van der Waals surface area contributed by atoms with Gasteiger partial charge in [0, 0.05) is 18.5 Å². The van der Waals surface area contributed by atoms with Gasteiger partial charge in [-0.15, -0.1) is 0 Å². The van der Waals surface area contributed by atoms with E-state index in [0.717, 1.165) is 0 Å². The fraction of sp³-hybridized carbons (Fsp3) is 0.533. The number of aliphatic carboxylic acids is 1. The summed E-state index contributed by atoms with van der Waals surface area (Å²) in [5.74, 6) is -1.44. The first kappa shape index (κ1) is 17.7. The molecule has 0 saturated carbocycles. The summed E-state index contributed by atoms with van der Waals surface area (Å²) in [4.78, 5) is 34.5. The summed E-state index contributed by atoms with van der Waals surface area (Å²) >= 11 is 0. The van der Waals surface area contributed by atoms with Crippen LogP contribution in [0.4, 0.5) is 0 Å². The molecule has 1 rings (SSSR count). The zero-order chi connectivity index (χ0) is 16.6. The lowest BCUT2D eigenvalue weighted by Gasteiger charge is -2.31. The second kappa shape index (κ2) is 8.21. The number of carbonyl (C=O) groups is 3. The first-order valence-electron chi connectivity index (χ1n) is 7.27. The quantitative estimate of drug-likeness (QED) is 0.641. The SMILES string of the molecule is CCC(CC)(CC(=O)O)NC(=O)CCNC(=O)c1ccco1. The Morgan fingerprint density at radius 2 is 1.95 bits per heavy atom. The molecule has 0 unspecified atom stereocenters. The maximum atomic E-state index is 11.9. The lowest BCUT2D eigenvalue weighted by atomic mass is 9.89.